The summed E-state index contributed by atoms with van der Waals surface area (Å²) in [7, 11) is 0. The molecule has 0 unspecified atom stereocenters. The lowest BCUT2D eigenvalue weighted by molar-refractivity contribution is -0.386. The van der Waals surface area contributed by atoms with Crippen LogP contribution in [-0.2, 0) is 17.9 Å². The molecule has 1 saturated heterocycles. The Labute approximate surface area is 160 Å². The number of aromatic nitrogens is 2. The summed E-state index contributed by atoms with van der Waals surface area (Å²) in [6.45, 7) is 6.93. The fourth-order valence-electron chi connectivity index (χ4n) is 3.15. The number of hydrogen-bond donors (Lipinski definition) is 0. The number of thiophene rings is 1. The number of nitro groups is 1. The van der Waals surface area contributed by atoms with Gasteiger partial charge >= 0.3 is 5.69 Å². The van der Waals surface area contributed by atoms with Crippen LogP contribution in [0.2, 0.25) is 4.34 Å². The van der Waals surface area contributed by atoms with Crippen molar-refractivity contribution in [3.8, 4) is 0 Å². The Morgan fingerprint density at radius 2 is 2.00 bits per heavy atom. The maximum atomic E-state index is 12.5. The molecule has 0 aliphatic carbocycles. The van der Waals surface area contributed by atoms with Crippen LogP contribution in [-0.4, -0.2) is 56.6 Å². The molecule has 1 fully saturated rings. The van der Waals surface area contributed by atoms with Crippen LogP contribution in [0.4, 0.5) is 5.69 Å². The molecule has 2 aromatic heterocycles. The average Bonchev–Trinajstić information content (AvgIpc) is 3.11. The van der Waals surface area contributed by atoms with Crippen molar-refractivity contribution in [1.82, 2.24) is 19.6 Å². The quantitative estimate of drug-likeness (QED) is 0.571. The van der Waals surface area contributed by atoms with Crippen molar-refractivity contribution in [2.45, 2.75) is 26.9 Å². The third-order valence-corrected chi connectivity index (χ3v) is 5.76. The predicted molar refractivity (Wildman–Crippen MR) is 99.5 cm³/mol. The van der Waals surface area contributed by atoms with Gasteiger partial charge < -0.3 is 4.90 Å². The van der Waals surface area contributed by atoms with Gasteiger partial charge in [0.25, 0.3) is 0 Å². The van der Waals surface area contributed by atoms with E-state index >= 15 is 0 Å². The second-order valence-corrected chi connectivity index (χ2v) is 8.10. The highest BCUT2D eigenvalue weighted by atomic mass is 35.5. The fraction of sp³-hybridized carbons (Fsp3) is 0.500. The van der Waals surface area contributed by atoms with Crippen molar-refractivity contribution in [3.63, 3.8) is 0 Å². The Morgan fingerprint density at radius 1 is 1.31 bits per heavy atom. The largest absolute Gasteiger partial charge is 0.339 e. The van der Waals surface area contributed by atoms with E-state index < -0.39 is 4.92 Å². The van der Waals surface area contributed by atoms with Gasteiger partial charge in [-0.15, -0.1) is 11.3 Å². The molecule has 26 heavy (non-hydrogen) atoms. The highest BCUT2D eigenvalue weighted by molar-refractivity contribution is 7.16. The van der Waals surface area contributed by atoms with Crippen molar-refractivity contribution in [2.75, 3.05) is 26.2 Å². The molecule has 1 amide bonds. The monoisotopic (exact) mass is 397 g/mol. The van der Waals surface area contributed by atoms with Crippen LogP contribution in [0.15, 0.2) is 12.1 Å². The maximum Gasteiger partial charge on any atom is 0.312 e. The zero-order valence-electron chi connectivity index (χ0n) is 14.6. The van der Waals surface area contributed by atoms with E-state index in [1.54, 1.807) is 30.1 Å². The Bertz CT molecular complexity index is 826. The summed E-state index contributed by atoms with van der Waals surface area (Å²) in [5, 5.41) is 15.2. The normalized spacial score (nSPS) is 15.4. The van der Waals surface area contributed by atoms with Gasteiger partial charge in [0, 0.05) is 37.6 Å². The number of amides is 1. The zero-order chi connectivity index (χ0) is 18.8. The Kier molecular flexibility index (Phi) is 5.59. The smallest absolute Gasteiger partial charge is 0.312 e. The minimum atomic E-state index is -0.450. The van der Waals surface area contributed by atoms with E-state index in [-0.39, 0.29) is 18.1 Å². The van der Waals surface area contributed by atoms with Crippen molar-refractivity contribution < 1.29 is 9.72 Å². The van der Waals surface area contributed by atoms with Crippen LogP contribution in [0.3, 0.4) is 0 Å². The van der Waals surface area contributed by atoms with Crippen LogP contribution >= 0.6 is 22.9 Å². The second-order valence-electron chi connectivity index (χ2n) is 6.30. The van der Waals surface area contributed by atoms with Gasteiger partial charge in [-0.05, 0) is 26.0 Å². The Balaban J connectivity index is 1.55. The molecule has 0 N–H and O–H groups in total. The third-order valence-electron chi connectivity index (χ3n) is 4.54. The molecular formula is C16H20ClN5O3S. The first-order valence-corrected chi connectivity index (χ1v) is 9.47. The molecule has 2 aromatic rings. The Morgan fingerprint density at radius 3 is 2.54 bits per heavy atom. The number of hydrogen-bond acceptors (Lipinski definition) is 6. The van der Waals surface area contributed by atoms with Gasteiger partial charge in [-0.1, -0.05) is 11.6 Å². The molecule has 1 aliphatic heterocycles. The van der Waals surface area contributed by atoms with Crippen molar-refractivity contribution in [2.24, 2.45) is 0 Å². The minimum Gasteiger partial charge on any atom is -0.339 e. The molecular weight excluding hydrogens is 378 g/mol. The number of carbonyl (C=O) groups excluding carboxylic acids is 1. The summed E-state index contributed by atoms with van der Waals surface area (Å²) >= 11 is 7.54. The summed E-state index contributed by atoms with van der Waals surface area (Å²) < 4.78 is 2.21. The molecule has 0 atom stereocenters. The minimum absolute atomic E-state index is 0.0165. The predicted octanol–water partition coefficient (Wildman–Crippen LogP) is 2.47. The third kappa shape index (κ3) is 4.05. The molecule has 0 radical (unpaired) electrons. The molecule has 0 aromatic carbocycles. The maximum absolute atomic E-state index is 12.5. The second kappa shape index (κ2) is 7.73. The van der Waals surface area contributed by atoms with Crippen LogP contribution in [0.1, 0.15) is 16.3 Å². The number of aryl methyl sites for hydroxylation is 1. The van der Waals surface area contributed by atoms with Gasteiger partial charge in [0.05, 0.1) is 9.26 Å². The van der Waals surface area contributed by atoms with Gasteiger partial charge in [0.2, 0.25) is 5.91 Å². The van der Waals surface area contributed by atoms with E-state index in [1.165, 1.54) is 9.56 Å². The van der Waals surface area contributed by atoms with Gasteiger partial charge in [-0.2, -0.15) is 5.10 Å². The molecule has 10 heteroatoms. The standard InChI is InChI=1S/C16H20ClN5O3S/c1-11-16(22(24)25)12(2)21(18-11)10-15(23)20-7-5-19(6-8-20)9-13-3-4-14(17)26-13/h3-4H,5-10H2,1-2H3. The summed E-state index contributed by atoms with van der Waals surface area (Å²) in [5.74, 6) is -0.0654. The molecule has 3 heterocycles. The average molecular weight is 398 g/mol. The van der Waals surface area contributed by atoms with Crippen LogP contribution in [0.25, 0.3) is 0 Å². The molecule has 3 rings (SSSR count). The van der Waals surface area contributed by atoms with E-state index in [2.05, 4.69) is 10.00 Å². The molecule has 1 aliphatic rings. The lowest BCUT2D eigenvalue weighted by Crippen LogP contribution is -2.49. The van der Waals surface area contributed by atoms with E-state index in [9.17, 15) is 14.9 Å². The number of rotatable bonds is 5. The highest BCUT2D eigenvalue weighted by Gasteiger charge is 2.26. The highest BCUT2D eigenvalue weighted by Crippen LogP contribution is 2.24. The lowest BCUT2D eigenvalue weighted by Gasteiger charge is -2.34. The molecule has 8 nitrogen and oxygen atoms in total. The Hall–Kier alpha value is -1.97. The van der Waals surface area contributed by atoms with Gasteiger partial charge in [0.15, 0.2) is 0 Å². The van der Waals surface area contributed by atoms with E-state index in [0.29, 0.717) is 24.5 Å². The van der Waals surface area contributed by atoms with E-state index in [4.69, 9.17) is 11.6 Å². The summed E-state index contributed by atoms with van der Waals surface area (Å²) in [5.41, 5.74) is 0.728. The zero-order valence-corrected chi connectivity index (χ0v) is 16.2. The van der Waals surface area contributed by atoms with Crippen molar-refractivity contribution >= 4 is 34.5 Å². The van der Waals surface area contributed by atoms with E-state index in [0.717, 1.165) is 24.0 Å². The summed E-state index contributed by atoms with van der Waals surface area (Å²) in [6.07, 6.45) is 0. The van der Waals surface area contributed by atoms with Gasteiger partial charge in [-0.3, -0.25) is 24.5 Å². The molecule has 0 bridgehead atoms. The van der Waals surface area contributed by atoms with Gasteiger partial charge in [0.1, 0.15) is 17.9 Å². The number of carbonyl (C=O) groups is 1. The molecule has 140 valence electrons. The van der Waals surface area contributed by atoms with Crippen molar-refractivity contribution in [3.05, 3.63) is 42.8 Å². The summed E-state index contributed by atoms with van der Waals surface area (Å²) in [4.78, 5) is 28.5. The fourth-order valence-corrected chi connectivity index (χ4v) is 4.28. The first-order chi connectivity index (χ1) is 12.3. The van der Waals surface area contributed by atoms with Crippen molar-refractivity contribution in [1.29, 1.82) is 0 Å². The first-order valence-electron chi connectivity index (χ1n) is 8.28. The SMILES string of the molecule is Cc1nn(CC(=O)N2CCN(Cc3ccc(Cl)s3)CC2)c(C)c1[N+](=O)[O-]. The lowest BCUT2D eigenvalue weighted by atomic mass is 10.3. The summed E-state index contributed by atoms with van der Waals surface area (Å²) in [6, 6.07) is 3.93. The number of piperazine rings is 1. The van der Waals surface area contributed by atoms with Crippen LogP contribution in [0, 0.1) is 24.0 Å². The topological polar surface area (TPSA) is 84.5 Å². The molecule has 0 spiro atoms. The number of halogens is 1. The van der Waals surface area contributed by atoms with E-state index in [1.807, 2.05) is 12.1 Å². The number of nitrogens with zero attached hydrogens (tertiary/aromatic N) is 5. The first kappa shape index (κ1) is 18.8. The van der Waals surface area contributed by atoms with Crippen LogP contribution < -0.4 is 0 Å². The van der Waals surface area contributed by atoms with Gasteiger partial charge in [-0.25, -0.2) is 0 Å². The molecule has 0 saturated carbocycles. The van der Waals surface area contributed by atoms with Crippen LogP contribution in [0.5, 0.6) is 0 Å².